The highest BCUT2D eigenvalue weighted by molar-refractivity contribution is 7.90. The predicted octanol–water partition coefficient (Wildman–Crippen LogP) is 1.54. The van der Waals surface area contributed by atoms with Gasteiger partial charge in [0.15, 0.2) is 0 Å². The fourth-order valence-electron chi connectivity index (χ4n) is 2.94. The molecule has 0 saturated heterocycles. The van der Waals surface area contributed by atoms with Crippen molar-refractivity contribution in [1.82, 2.24) is 4.72 Å². The molecule has 17 heavy (non-hydrogen) atoms. The zero-order chi connectivity index (χ0) is 12.4. The minimum atomic E-state index is -3.21. The van der Waals surface area contributed by atoms with E-state index in [1.165, 1.54) is 0 Å². The van der Waals surface area contributed by atoms with Crippen molar-refractivity contribution in [2.45, 2.75) is 68.6 Å². The van der Waals surface area contributed by atoms with Crippen LogP contribution in [0.4, 0.5) is 0 Å². The Hall–Kier alpha value is -0.130. The summed E-state index contributed by atoms with van der Waals surface area (Å²) in [6.07, 6.45) is 8.16. The molecule has 0 aromatic heterocycles. The van der Waals surface area contributed by atoms with E-state index in [1.54, 1.807) is 0 Å². The number of aliphatic hydroxyl groups is 1. The molecule has 0 aromatic carbocycles. The van der Waals surface area contributed by atoms with Crippen LogP contribution >= 0.6 is 0 Å². The molecular weight excluding hydrogens is 238 g/mol. The Morgan fingerprint density at radius 1 is 1.06 bits per heavy atom. The maximum atomic E-state index is 12.0. The van der Waals surface area contributed by atoms with Crippen LogP contribution in [-0.4, -0.2) is 30.9 Å². The van der Waals surface area contributed by atoms with Crippen molar-refractivity contribution in [3.8, 4) is 0 Å². The summed E-state index contributed by atoms with van der Waals surface area (Å²) in [7, 11) is -3.21. The van der Waals surface area contributed by atoms with Crippen LogP contribution < -0.4 is 4.72 Å². The predicted molar refractivity (Wildman–Crippen MR) is 67.2 cm³/mol. The number of sulfonamides is 1. The largest absolute Gasteiger partial charge is 0.389 e. The third kappa shape index (κ3) is 3.42. The zero-order valence-electron chi connectivity index (χ0n) is 10.3. The third-order valence-corrected chi connectivity index (χ3v) is 6.02. The molecule has 2 N–H and O–H groups in total. The topological polar surface area (TPSA) is 66.4 Å². The van der Waals surface area contributed by atoms with Gasteiger partial charge in [0.05, 0.1) is 10.9 Å². The molecule has 0 atom stereocenters. The highest BCUT2D eigenvalue weighted by atomic mass is 32.2. The van der Waals surface area contributed by atoms with Gasteiger partial charge in [-0.05, 0) is 25.7 Å². The Morgan fingerprint density at radius 3 is 2.24 bits per heavy atom. The van der Waals surface area contributed by atoms with Crippen LogP contribution in [0, 0.1) is 0 Å². The lowest BCUT2D eigenvalue weighted by molar-refractivity contribution is 0.00941. The monoisotopic (exact) mass is 261 g/mol. The average Bonchev–Trinajstić information content (AvgIpc) is 2.82. The maximum Gasteiger partial charge on any atom is 0.214 e. The van der Waals surface area contributed by atoms with E-state index in [9.17, 15) is 13.5 Å². The molecule has 2 aliphatic rings. The summed E-state index contributed by atoms with van der Waals surface area (Å²) in [4.78, 5) is 0. The normalized spacial score (nSPS) is 26.2. The smallest absolute Gasteiger partial charge is 0.214 e. The summed E-state index contributed by atoms with van der Waals surface area (Å²) in [5.74, 6) is 0. The van der Waals surface area contributed by atoms with Gasteiger partial charge < -0.3 is 5.11 Å². The van der Waals surface area contributed by atoms with E-state index in [4.69, 9.17) is 0 Å². The van der Waals surface area contributed by atoms with Gasteiger partial charge in [0.1, 0.15) is 0 Å². The van der Waals surface area contributed by atoms with E-state index in [1.807, 2.05) is 0 Å². The number of hydrogen-bond acceptors (Lipinski definition) is 3. The molecule has 0 bridgehead atoms. The van der Waals surface area contributed by atoms with Crippen LogP contribution in [0.1, 0.15) is 57.8 Å². The van der Waals surface area contributed by atoms with Gasteiger partial charge in [0.2, 0.25) is 10.0 Å². The molecule has 0 amide bonds. The van der Waals surface area contributed by atoms with Crippen molar-refractivity contribution in [3.05, 3.63) is 0 Å². The third-order valence-electron chi connectivity index (χ3n) is 4.13. The molecule has 0 heterocycles. The van der Waals surface area contributed by atoms with Crippen molar-refractivity contribution in [3.63, 3.8) is 0 Å². The van der Waals surface area contributed by atoms with Crippen molar-refractivity contribution in [2.75, 3.05) is 6.54 Å². The zero-order valence-corrected chi connectivity index (χ0v) is 11.1. The van der Waals surface area contributed by atoms with E-state index in [2.05, 4.69) is 4.72 Å². The fourth-order valence-corrected chi connectivity index (χ4v) is 4.60. The summed E-state index contributed by atoms with van der Waals surface area (Å²) in [6.45, 7) is 0.200. The number of rotatable bonds is 4. The first kappa shape index (κ1) is 13.3. The molecule has 2 fully saturated rings. The van der Waals surface area contributed by atoms with E-state index in [0.29, 0.717) is 0 Å². The SMILES string of the molecule is O=S(=O)(NCC1(O)CCCCC1)C1CCCC1. The molecule has 2 rings (SSSR count). The first-order chi connectivity index (χ1) is 8.02. The van der Waals surface area contributed by atoms with E-state index >= 15 is 0 Å². The van der Waals surface area contributed by atoms with E-state index in [0.717, 1.165) is 57.8 Å². The summed E-state index contributed by atoms with van der Waals surface area (Å²) in [5.41, 5.74) is -0.802. The van der Waals surface area contributed by atoms with Crippen LogP contribution in [0.5, 0.6) is 0 Å². The van der Waals surface area contributed by atoms with Gasteiger partial charge in [-0.25, -0.2) is 13.1 Å². The Kier molecular flexibility index (Phi) is 4.10. The van der Waals surface area contributed by atoms with Crippen LogP contribution in [0.3, 0.4) is 0 Å². The van der Waals surface area contributed by atoms with Crippen LogP contribution in [-0.2, 0) is 10.0 Å². The quantitative estimate of drug-likeness (QED) is 0.807. The van der Waals surface area contributed by atoms with E-state index in [-0.39, 0.29) is 11.8 Å². The van der Waals surface area contributed by atoms with Gasteiger partial charge in [-0.15, -0.1) is 0 Å². The molecule has 4 nitrogen and oxygen atoms in total. The fraction of sp³-hybridized carbons (Fsp3) is 1.00. The lowest BCUT2D eigenvalue weighted by atomic mass is 9.85. The first-order valence-corrected chi connectivity index (χ1v) is 8.27. The lowest BCUT2D eigenvalue weighted by Crippen LogP contribution is -2.46. The second-order valence-corrected chi connectivity index (χ2v) is 7.60. The van der Waals surface area contributed by atoms with Gasteiger partial charge in [0, 0.05) is 6.54 Å². The Balaban J connectivity index is 1.88. The number of nitrogens with one attached hydrogen (secondary N) is 1. The molecule has 2 saturated carbocycles. The van der Waals surface area contributed by atoms with Gasteiger partial charge in [0.25, 0.3) is 0 Å². The summed E-state index contributed by atoms with van der Waals surface area (Å²) in [5, 5.41) is 10.0. The summed E-state index contributed by atoms with van der Waals surface area (Å²) < 4.78 is 26.6. The highest BCUT2D eigenvalue weighted by Crippen LogP contribution is 2.28. The van der Waals surface area contributed by atoms with E-state index < -0.39 is 15.6 Å². The Labute approximate surface area is 104 Å². The lowest BCUT2D eigenvalue weighted by Gasteiger charge is -2.32. The summed E-state index contributed by atoms with van der Waals surface area (Å²) in [6, 6.07) is 0. The molecule has 5 heteroatoms. The number of hydrogen-bond donors (Lipinski definition) is 2. The Morgan fingerprint density at radius 2 is 1.65 bits per heavy atom. The van der Waals surface area contributed by atoms with Gasteiger partial charge in [-0.2, -0.15) is 0 Å². The first-order valence-electron chi connectivity index (χ1n) is 6.73. The molecule has 0 spiro atoms. The van der Waals surface area contributed by atoms with Crippen LogP contribution in [0.25, 0.3) is 0 Å². The summed E-state index contributed by atoms with van der Waals surface area (Å²) >= 11 is 0. The van der Waals surface area contributed by atoms with Crippen LogP contribution in [0.2, 0.25) is 0 Å². The van der Waals surface area contributed by atoms with Crippen molar-refractivity contribution in [2.24, 2.45) is 0 Å². The van der Waals surface area contributed by atoms with Crippen molar-refractivity contribution in [1.29, 1.82) is 0 Å². The van der Waals surface area contributed by atoms with Crippen molar-refractivity contribution < 1.29 is 13.5 Å². The van der Waals surface area contributed by atoms with Gasteiger partial charge in [-0.1, -0.05) is 32.1 Å². The maximum absolute atomic E-state index is 12.0. The average molecular weight is 261 g/mol. The molecular formula is C12H23NO3S. The minimum Gasteiger partial charge on any atom is -0.389 e. The second-order valence-electron chi connectivity index (χ2n) is 5.56. The molecule has 0 radical (unpaired) electrons. The molecule has 0 unspecified atom stereocenters. The second kappa shape index (κ2) is 5.24. The van der Waals surface area contributed by atoms with Crippen LogP contribution in [0.15, 0.2) is 0 Å². The minimum absolute atomic E-state index is 0.200. The highest BCUT2D eigenvalue weighted by Gasteiger charge is 2.33. The molecule has 0 aromatic rings. The molecule has 0 aliphatic heterocycles. The standard InChI is InChI=1S/C12H23NO3S/c14-12(8-4-1-5-9-12)10-13-17(15,16)11-6-2-3-7-11/h11,13-14H,1-10H2. The van der Waals surface area contributed by atoms with Crippen molar-refractivity contribution >= 4 is 10.0 Å². The molecule has 100 valence electrons. The Bertz CT molecular complexity index is 341. The van der Waals surface area contributed by atoms with Gasteiger partial charge >= 0.3 is 0 Å². The van der Waals surface area contributed by atoms with Gasteiger partial charge in [-0.3, -0.25) is 0 Å². The molecule has 2 aliphatic carbocycles.